The minimum absolute atomic E-state index is 0.827. The summed E-state index contributed by atoms with van der Waals surface area (Å²) in [6, 6.07) is 8.23. The van der Waals surface area contributed by atoms with Crippen LogP contribution in [0.25, 0.3) is 4.96 Å². The zero-order chi connectivity index (χ0) is 11.0. The molecule has 0 saturated heterocycles. The molecule has 6 heteroatoms. The highest BCUT2D eigenvalue weighted by Crippen LogP contribution is 2.18. The Hall–Kier alpha value is -1.27. The monoisotopic (exact) mass is 294 g/mol. The van der Waals surface area contributed by atoms with E-state index in [1.807, 2.05) is 12.1 Å². The highest BCUT2D eigenvalue weighted by atomic mass is 79.9. The molecule has 0 aliphatic carbocycles. The second-order valence-corrected chi connectivity index (χ2v) is 5.32. The highest BCUT2D eigenvalue weighted by Gasteiger charge is 2.05. The van der Waals surface area contributed by atoms with Gasteiger partial charge in [-0.05, 0) is 17.7 Å². The lowest BCUT2D eigenvalue weighted by atomic mass is 10.2. The molecule has 3 rings (SSSR count). The van der Waals surface area contributed by atoms with E-state index in [1.165, 1.54) is 5.56 Å². The molecule has 0 N–H and O–H groups in total. The lowest BCUT2D eigenvalue weighted by Gasteiger charge is -1.97. The van der Waals surface area contributed by atoms with Gasteiger partial charge in [0.15, 0.2) is 0 Å². The third-order valence-electron chi connectivity index (χ3n) is 2.17. The van der Waals surface area contributed by atoms with Crippen LogP contribution >= 0.6 is 27.3 Å². The fourth-order valence-corrected chi connectivity index (χ4v) is 2.79. The molecule has 1 aromatic carbocycles. The second-order valence-electron chi connectivity index (χ2n) is 3.36. The maximum absolute atomic E-state index is 4.39. The molecule has 0 fully saturated rings. The molecular weight excluding hydrogens is 288 g/mol. The van der Waals surface area contributed by atoms with E-state index in [1.54, 1.807) is 22.2 Å². The van der Waals surface area contributed by atoms with Crippen molar-refractivity contribution in [2.75, 3.05) is 0 Å². The molecule has 0 aliphatic rings. The quantitative estimate of drug-likeness (QED) is 0.729. The Balaban J connectivity index is 1.92. The number of nitrogens with zero attached hydrogens (tertiary/aromatic N) is 4. The number of aromatic nitrogens is 4. The first-order chi connectivity index (χ1) is 7.81. The highest BCUT2D eigenvalue weighted by molar-refractivity contribution is 9.10. The standard InChI is InChI=1S/C10H7BrN4S/c11-8-3-1-2-7(4-8)5-9-14-15-6-12-13-10(15)16-9/h1-4,6H,5H2. The number of hydrogen-bond acceptors (Lipinski definition) is 4. The van der Waals surface area contributed by atoms with Crippen molar-refractivity contribution in [1.29, 1.82) is 0 Å². The van der Waals surface area contributed by atoms with E-state index in [-0.39, 0.29) is 0 Å². The summed E-state index contributed by atoms with van der Waals surface area (Å²) in [5, 5.41) is 13.2. The Kier molecular flexibility index (Phi) is 2.45. The molecule has 0 aliphatic heterocycles. The van der Waals surface area contributed by atoms with Crippen LogP contribution in [-0.2, 0) is 6.42 Å². The maximum atomic E-state index is 4.39. The van der Waals surface area contributed by atoms with E-state index in [0.29, 0.717) is 0 Å². The molecular formula is C10H7BrN4S. The Morgan fingerprint density at radius 2 is 2.31 bits per heavy atom. The average Bonchev–Trinajstić information content (AvgIpc) is 2.77. The van der Waals surface area contributed by atoms with Gasteiger partial charge in [-0.1, -0.05) is 39.4 Å². The van der Waals surface area contributed by atoms with Crippen LogP contribution in [0.3, 0.4) is 0 Å². The van der Waals surface area contributed by atoms with Crippen LogP contribution in [0, 0.1) is 0 Å². The zero-order valence-electron chi connectivity index (χ0n) is 8.17. The van der Waals surface area contributed by atoms with Crippen molar-refractivity contribution in [2.24, 2.45) is 0 Å². The van der Waals surface area contributed by atoms with E-state index >= 15 is 0 Å². The second kappa shape index (κ2) is 3.95. The number of fused-ring (bicyclic) bond motifs is 1. The molecule has 0 spiro atoms. The van der Waals surface area contributed by atoms with E-state index in [0.717, 1.165) is 20.9 Å². The molecule has 3 aromatic rings. The van der Waals surface area contributed by atoms with Crippen molar-refractivity contribution >= 4 is 32.2 Å². The third kappa shape index (κ3) is 1.85. The summed E-state index contributed by atoms with van der Waals surface area (Å²) >= 11 is 5.03. The smallest absolute Gasteiger partial charge is 0.190 e. The van der Waals surface area contributed by atoms with Crippen molar-refractivity contribution in [3.8, 4) is 0 Å². The van der Waals surface area contributed by atoms with Crippen LogP contribution < -0.4 is 0 Å². The number of rotatable bonds is 2. The zero-order valence-corrected chi connectivity index (χ0v) is 10.6. The predicted molar refractivity (Wildman–Crippen MR) is 65.6 cm³/mol. The minimum atomic E-state index is 0.827. The number of hydrogen-bond donors (Lipinski definition) is 0. The summed E-state index contributed by atoms with van der Waals surface area (Å²) in [5.74, 6) is 0. The molecule has 2 aromatic heterocycles. The van der Waals surface area contributed by atoms with Gasteiger partial charge < -0.3 is 0 Å². The molecule has 0 radical (unpaired) electrons. The normalized spacial score (nSPS) is 11.1. The van der Waals surface area contributed by atoms with Gasteiger partial charge in [0.2, 0.25) is 4.96 Å². The molecule has 16 heavy (non-hydrogen) atoms. The van der Waals surface area contributed by atoms with Crippen LogP contribution in [0.2, 0.25) is 0 Å². The van der Waals surface area contributed by atoms with Gasteiger partial charge in [0.25, 0.3) is 0 Å². The Bertz CT molecular complexity index is 602. The van der Waals surface area contributed by atoms with Crippen molar-refractivity contribution in [2.45, 2.75) is 6.42 Å². The van der Waals surface area contributed by atoms with Crippen molar-refractivity contribution in [3.63, 3.8) is 0 Å². The van der Waals surface area contributed by atoms with Gasteiger partial charge in [-0.15, -0.1) is 10.2 Å². The fourth-order valence-electron chi connectivity index (χ4n) is 1.49. The molecule has 0 unspecified atom stereocenters. The molecule has 0 bridgehead atoms. The van der Waals surface area contributed by atoms with Gasteiger partial charge in [-0.25, -0.2) is 0 Å². The van der Waals surface area contributed by atoms with E-state index < -0.39 is 0 Å². The van der Waals surface area contributed by atoms with Gasteiger partial charge in [-0.2, -0.15) is 9.61 Å². The Labute approximate surface area is 104 Å². The van der Waals surface area contributed by atoms with Gasteiger partial charge in [0, 0.05) is 10.9 Å². The van der Waals surface area contributed by atoms with Crippen LogP contribution in [0.5, 0.6) is 0 Å². The van der Waals surface area contributed by atoms with Crippen molar-refractivity contribution in [3.05, 3.63) is 45.6 Å². The van der Waals surface area contributed by atoms with Crippen molar-refractivity contribution < 1.29 is 0 Å². The van der Waals surface area contributed by atoms with Crippen LogP contribution in [0.15, 0.2) is 35.1 Å². The van der Waals surface area contributed by atoms with Gasteiger partial charge in [-0.3, -0.25) is 0 Å². The van der Waals surface area contributed by atoms with Crippen LogP contribution in [0.4, 0.5) is 0 Å². The first kappa shape index (κ1) is 9.92. The summed E-state index contributed by atoms with van der Waals surface area (Å²) in [6.07, 6.45) is 2.45. The average molecular weight is 295 g/mol. The van der Waals surface area contributed by atoms with E-state index in [9.17, 15) is 0 Å². The minimum Gasteiger partial charge on any atom is -0.190 e. The summed E-state index contributed by atoms with van der Waals surface area (Å²) < 4.78 is 2.80. The van der Waals surface area contributed by atoms with E-state index in [4.69, 9.17) is 0 Å². The topological polar surface area (TPSA) is 43.1 Å². The number of halogens is 1. The maximum Gasteiger partial charge on any atom is 0.234 e. The van der Waals surface area contributed by atoms with E-state index in [2.05, 4.69) is 43.4 Å². The largest absolute Gasteiger partial charge is 0.234 e. The Morgan fingerprint density at radius 1 is 1.38 bits per heavy atom. The summed E-state index contributed by atoms with van der Waals surface area (Å²) in [7, 11) is 0. The molecule has 4 nitrogen and oxygen atoms in total. The molecule has 80 valence electrons. The molecule has 0 saturated carbocycles. The first-order valence-electron chi connectivity index (χ1n) is 4.71. The molecule has 0 amide bonds. The fraction of sp³-hybridized carbons (Fsp3) is 0.100. The summed E-state index contributed by atoms with van der Waals surface area (Å²) in [6.45, 7) is 0. The van der Waals surface area contributed by atoms with Crippen LogP contribution in [-0.4, -0.2) is 19.8 Å². The van der Waals surface area contributed by atoms with Gasteiger partial charge in [0.1, 0.15) is 11.3 Å². The summed E-state index contributed by atoms with van der Waals surface area (Å²) in [5.41, 5.74) is 1.24. The van der Waals surface area contributed by atoms with Gasteiger partial charge in [0.05, 0.1) is 0 Å². The Morgan fingerprint density at radius 3 is 3.12 bits per heavy atom. The first-order valence-corrected chi connectivity index (χ1v) is 6.32. The lowest BCUT2D eigenvalue weighted by Crippen LogP contribution is -1.89. The molecule has 0 atom stereocenters. The predicted octanol–water partition coefficient (Wildman–Crippen LogP) is 2.54. The van der Waals surface area contributed by atoms with Crippen molar-refractivity contribution in [1.82, 2.24) is 19.8 Å². The van der Waals surface area contributed by atoms with Gasteiger partial charge >= 0.3 is 0 Å². The molecule has 2 heterocycles. The number of benzene rings is 1. The lowest BCUT2D eigenvalue weighted by molar-refractivity contribution is 0.909. The third-order valence-corrected chi connectivity index (χ3v) is 3.58. The summed E-state index contributed by atoms with van der Waals surface area (Å²) in [4.78, 5) is 0.838. The van der Waals surface area contributed by atoms with Crippen LogP contribution in [0.1, 0.15) is 10.6 Å². The SMILES string of the molecule is Brc1cccc(Cc2nn3cnnc3s2)c1.